The Morgan fingerprint density at radius 1 is 1.37 bits per heavy atom. The van der Waals surface area contributed by atoms with Crippen LogP contribution in [0.4, 0.5) is 5.69 Å². The highest BCUT2D eigenvalue weighted by atomic mass is 79.9. The molecule has 0 atom stereocenters. The SMILES string of the molecule is Cc1cc(Br)ccc1NC(=S)NC(=O)c1cccs1. The van der Waals surface area contributed by atoms with Crippen LogP contribution in [0.5, 0.6) is 0 Å². The first-order chi connectivity index (χ1) is 9.06. The molecule has 0 saturated carbocycles. The zero-order chi connectivity index (χ0) is 13.8. The number of aryl methyl sites for hydroxylation is 1. The van der Waals surface area contributed by atoms with E-state index < -0.39 is 0 Å². The molecule has 6 heteroatoms. The van der Waals surface area contributed by atoms with Gasteiger partial charge in [-0.1, -0.05) is 22.0 Å². The van der Waals surface area contributed by atoms with Gasteiger partial charge in [0, 0.05) is 10.2 Å². The highest BCUT2D eigenvalue weighted by Gasteiger charge is 2.09. The van der Waals surface area contributed by atoms with E-state index in [2.05, 4.69) is 26.6 Å². The summed E-state index contributed by atoms with van der Waals surface area (Å²) >= 11 is 9.91. The molecule has 98 valence electrons. The number of amides is 1. The monoisotopic (exact) mass is 354 g/mol. The first-order valence-electron chi connectivity index (χ1n) is 5.48. The van der Waals surface area contributed by atoms with E-state index in [1.165, 1.54) is 11.3 Å². The van der Waals surface area contributed by atoms with Crippen molar-refractivity contribution in [3.63, 3.8) is 0 Å². The summed E-state index contributed by atoms with van der Waals surface area (Å²) in [5, 5.41) is 7.81. The number of rotatable bonds is 2. The molecular weight excluding hydrogens is 344 g/mol. The van der Waals surface area contributed by atoms with Crippen molar-refractivity contribution in [1.29, 1.82) is 0 Å². The molecule has 0 aliphatic rings. The lowest BCUT2D eigenvalue weighted by Crippen LogP contribution is -2.33. The summed E-state index contributed by atoms with van der Waals surface area (Å²) in [6.45, 7) is 1.97. The van der Waals surface area contributed by atoms with Crippen LogP contribution in [0.1, 0.15) is 15.2 Å². The molecule has 0 radical (unpaired) electrons. The molecular formula is C13H11BrN2OS2. The molecule has 1 aromatic heterocycles. The van der Waals surface area contributed by atoms with Gasteiger partial charge in [0.2, 0.25) is 0 Å². The summed E-state index contributed by atoms with van der Waals surface area (Å²) in [6.07, 6.45) is 0. The largest absolute Gasteiger partial charge is 0.332 e. The predicted molar refractivity (Wildman–Crippen MR) is 86.9 cm³/mol. The van der Waals surface area contributed by atoms with Gasteiger partial charge in [-0.25, -0.2) is 0 Å². The Kier molecular flexibility index (Phi) is 4.68. The van der Waals surface area contributed by atoms with Gasteiger partial charge < -0.3 is 5.32 Å². The quantitative estimate of drug-likeness (QED) is 0.802. The summed E-state index contributed by atoms with van der Waals surface area (Å²) in [5.74, 6) is -0.192. The van der Waals surface area contributed by atoms with Gasteiger partial charge in [0.15, 0.2) is 5.11 Å². The van der Waals surface area contributed by atoms with E-state index >= 15 is 0 Å². The minimum Gasteiger partial charge on any atom is -0.332 e. The van der Waals surface area contributed by atoms with Crippen LogP contribution in [0.2, 0.25) is 0 Å². The van der Waals surface area contributed by atoms with Crippen molar-refractivity contribution < 1.29 is 4.79 Å². The number of anilines is 1. The number of benzene rings is 1. The molecule has 0 fully saturated rings. The number of carbonyl (C=O) groups excluding carboxylic acids is 1. The molecule has 19 heavy (non-hydrogen) atoms. The fourth-order valence-electron chi connectivity index (χ4n) is 1.49. The standard InChI is InChI=1S/C13H11BrN2OS2/c1-8-7-9(14)4-5-10(8)15-13(18)16-12(17)11-3-2-6-19-11/h2-7H,1H3,(H2,15,16,17,18). The molecule has 2 aromatic rings. The average molecular weight is 355 g/mol. The summed E-state index contributed by atoms with van der Waals surface area (Å²) < 4.78 is 1.00. The summed E-state index contributed by atoms with van der Waals surface area (Å²) in [6, 6.07) is 9.39. The Hall–Kier alpha value is -1.24. The number of nitrogens with one attached hydrogen (secondary N) is 2. The van der Waals surface area contributed by atoms with Crippen molar-refractivity contribution in [2.45, 2.75) is 6.92 Å². The van der Waals surface area contributed by atoms with Crippen LogP contribution in [0.25, 0.3) is 0 Å². The van der Waals surface area contributed by atoms with E-state index in [0.29, 0.717) is 9.99 Å². The molecule has 2 N–H and O–H groups in total. The highest BCUT2D eigenvalue weighted by molar-refractivity contribution is 9.10. The topological polar surface area (TPSA) is 41.1 Å². The molecule has 1 amide bonds. The van der Waals surface area contributed by atoms with Crippen molar-refractivity contribution >= 4 is 56.2 Å². The van der Waals surface area contributed by atoms with Crippen molar-refractivity contribution in [2.24, 2.45) is 0 Å². The van der Waals surface area contributed by atoms with E-state index in [9.17, 15) is 4.79 Å². The van der Waals surface area contributed by atoms with Gasteiger partial charge in [-0.3, -0.25) is 10.1 Å². The van der Waals surface area contributed by atoms with Crippen LogP contribution in [-0.4, -0.2) is 11.0 Å². The third-order valence-corrected chi connectivity index (χ3v) is 3.97. The Labute approximate surface area is 129 Å². The van der Waals surface area contributed by atoms with Crippen LogP contribution in [-0.2, 0) is 0 Å². The first kappa shape index (κ1) is 14.2. The summed E-state index contributed by atoms with van der Waals surface area (Å²) in [5.41, 5.74) is 1.92. The number of halogens is 1. The number of hydrogen-bond donors (Lipinski definition) is 2. The van der Waals surface area contributed by atoms with Crippen molar-refractivity contribution in [3.8, 4) is 0 Å². The minimum absolute atomic E-state index is 0.192. The maximum atomic E-state index is 11.8. The van der Waals surface area contributed by atoms with Crippen LogP contribution in [0, 0.1) is 6.92 Å². The summed E-state index contributed by atoms with van der Waals surface area (Å²) in [4.78, 5) is 12.4. The van der Waals surface area contributed by atoms with Crippen LogP contribution >= 0.6 is 39.5 Å². The number of thiocarbonyl (C=S) groups is 1. The van der Waals surface area contributed by atoms with Gasteiger partial charge in [-0.15, -0.1) is 11.3 Å². The lowest BCUT2D eigenvalue weighted by atomic mass is 10.2. The molecule has 1 heterocycles. The van der Waals surface area contributed by atoms with E-state index in [-0.39, 0.29) is 5.91 Å². The van der Waals surface area contributed by atoms with Crippen LogP contribution in [0.3, 0.4) is 0 Å². The van der Waals surface area contributed by atoms with Gasteiger partial charge in [0.25, 0.3) is 5.91 Å². The summed E-state index contributed by atoms with van der Waals surface area (Å²) in [7, 11) is 0. The second kappa shape index (κ2) is 6.27. The number of hydrogen-bond acceptors (Lipinski definition) is 3. The molecule has 0 spiro atoms. The van der Waals surface area contributed by atoms with Gasteiger partial charge in [0.1, 0.15) is 0 Å². The Balaban J connectivity index is 2.00. The second-order valence-electron chi connectivity index (χ2n) is 3.84. The molecule has 0 aliphatic carbocycles. The first-order valence-corrected chi connectivity index (χ1v) is 7.56. The molecule has 0 saturated heterocycles. The maximum Gasteiger partial charge on any atom is 0.267 e. The Bertz CT molecular complexity index is 611. The maximum absolute atomic E-state index is 11.8. The van der Waals surface area contributed by atoms with E-state index in [1.807, 2.05) is 36.6 Å². The van der Waals surface area contributed by atoms with E-state index in [1.54, 1.807) is 6.07 Å². The molecule has 2 rings (SSSR count). The number of carbonyl (C=O) groups is 1. The molecule has 0 bridgehead atoms. The van der Waals surface area contributed by atoms with Crippen molar-refractivity contribution in [3.05, 3.63) is 50.6 Å². The van der Waals surface area contributed by atoms with E-state index in [4.69, 9.17) is 12.2 Å². The molecule has 0 unspecified atom stereocenters. The fourth-order valence-corrected chi connectivity index (χ4v) is 2.79. The lowest BCUT2D eigenvalue weighted by Gasteiger charge is -2.11. The van der Waals surface area contributed by atoms with Crippen molar-refractivity contribution in [1.82, 2.24) is 5.32 Å². The molecule has 0 aliphatic heterocycles. The van der Waals surface area contributed by atoms with Crippen molar-refractivity contribution in [2.75, 3.05) is 5.32 Å². The van der Waals surface area contributed by atoms with Gasteiger partial charge >= 0.3 is 0 Å². The van der Waals surface area contributed by atoms with Gasteiger partial charge in [0.05, 0.1) is 4.88 Å². The minimum atomic E-state index is -0.192. The predicted octanol–water partition coefficient (Wildman–Crippen LogP) is 3.95. The highest BCUT2D eigenvalue weighted by Crippen LogP contribution is 2.19. The lowest BCUT2D eigenvalue weighted by molar-refractivity contribution is 0.0981. The van der Waals surface area contributed by atoms with Crippen LogP contribution in [0.15, 0.2) is 40.2 Å². The normalized spacial score (nSPS) is 10.0. The zero-order valence-electron chi connectivity index (χ0n) is 10.1. The Morgan fingerprint density at radius 3 is 2.79 bits per heavy atom. The van der Waals surface area contributed by atoms with Gasteiger partial charge in [-0.2, -0.15) is 0 Å². The molecule has 3 nitrogen and oxygen atoms in total. The van der Waals surface area contributed by atoms with Gasteiger partial charge in [-0.05, 0) is 54.4 Å². The molecule has 1 aromatic carbocycles. The Morgan fingerprint density at radius 2 is 2.16 bits per heavy atom. The third-order valence-electron chi connectivity index (χ3n) is 2.41. The van der Waals surface area contributed by atoms with Crippen LogP contribution < -0.4 is 10.6 Å². The average Bonchev–Trinajstić information content (AvgIpc) is 2.86. The van der Waals surface area contributed by atoms with E-state index in [0.717, 1.165) is 15.7 Å². The third kappa shape index (κ3) is 3.86. The fraction of sp³-hybridized carbons (Fsp3) is 0.0769. The smallest absolute Gasteiger partial charge is 0.267 e. The second-order valence-corrected chi connectivity index (χ2v) is 6.12. The zero-order valence-corrected chi connectivity index (χ0v) is 13.3. The number of thiophene rings is 1.